The van der Waals surface area contributed by atoms with Crippen molar-refractivity contribution in [1.29, 1.82) is 0 Å². The Balaban J connectivity index is 1.63. The lowest BCUT2D eigenvalue weighted by atomic mass is 10.0. The molecular formula is C23H24ClN3O5. The lowest BCUT2D eigenvalue weighted by molar-refractivity contribution is -0.148. The van der Waals surface area contributed by atoms with Crippen molar-refractivity contribution in [2.75, 3.05) is 7.11 Å². The van der Waals surface area contributed by atoms with Gasteiger partial charge in [0.2, 0.25) is 5.82 Å². The minimum atomic E-state index is -0.820. The fourth-order valence-corrected chi connectivity index (χ4v) is 3.08. The SMILES string of the molecule is COc1cccc(-c2noc(COC(=O)C(CC(C)C)NC(=O)c3ccc(Cl)cc3)n2)c1. The Morgan fingerprint density at radius 1 is 1.16 bits per heavy atom. The molecule has 3 aromatic rings. The number of hydrogen-bond donors (Lipinski definition) is 1. The highest BCUT2D eigenvalue weighted by Gasteiger charge is 2.25. The number of hydrogen-bond acceptors (Lipinski definition) is 7. The molecule has 0 aliphatic carbocycles. The van der Waals surface area contributed by atoms with Gasteiger partial charge in [-0.05, 0) is 48.7 Å². The predicted molar refractivity (Wildman–Crippen MR) is 118 cm³/mol. The topological polar surface area (TPSA) is 104 Å². The summed E-state index contributed by atoms with van der Waals surface area (Å²) in [4.78, 5) is 29.4. The van der Waals surface area contributed by atoms with Gasteiger partial charge < -0.3 is 19.3 Å². The van der Waals surface area contributed by atoms with Crippen molar-refractivity contribution in [3.05, 3.63) is 65.0 Å². The van der Waals surface area contributed by atoms with Crippen LogP contribution in [0.3, 0.4) is 0 Å². The van der Waals surface area contributed by atoms with Crippen molar-refractivity contribution >= 4 is 23.5 Å². The molecule has 0 aliphatic rings. The summed E-state index contributed by atoms with van der Waals surface area (Å²) in [5, 5.41) is 7.16. The molecular weight excluding hydrogens is 434 g/mol. The molecule has 32 heavy (non-hydrogen) atoms. The average molecular weight is 458 g/mol. The van der Waals surface area contributed by atoms with E-state index in [1.54, 1.807) is 43.5 Å². The maximum Gasteiger partial charge on any atom is 0.329 e. The molecule has 0 saturated heterocycles. The van der Waals surface area contributed by atoms with Gasteiger partial charge in [-0.15, -0.1) is 0 Å². The number of rotatable bonds is 9. The van der Waals surface area contributed by atoms with E-state index in [2.05, 4.69) is 15.5 Å². The largest absolute Gasteiger partial charge is 0.497 e. The van der Waals surface area contributed by atoms with E-state index in [1.165, 1.54) is 0 Å². The van der Waals surface area contributed by atoms with Crippen LogP contribution in [-0.2, 0) is 16.1 Å². The molecule has 0 aliphatic heterocycles. The molecule has 0 bridgehead atoms. The second-order valence-corrected chi connectivity index (χ2v) is 7.95. The van der Waals surface area contributed by atoms with E-state index < -0.39 is 12.0 Å². The van der Waals surface area contributed by atoms with Gasteiger partial charge >= 0.3 is 5.97 Å². The van der Waals surface area contributed by atoms with Gasteiger partial charge in [0.15, 0.2) is 6.61 Å². The number of amides is 1. The van der Waals surface area contributed by atoms with Crippen LogP contribution >= 0.6 is 11.6 Å². The lowest BCUT2D eigenvalue weighted by Crippen LogP contribution is -2.42. The minimum Gasteiger partial charge on any atom is -0.497 e. The fraction of sp³-hybridized carbons (Fsp3) is 0.304. The first-order valence-corrected chi connectivity index (χ1v) is 10.4. The zero-order chi connectivity index (χ0) is 23.1. The van der Waals surface area contributed by atoms with E-state index in [4.69, 9.17) is 25.6 Å². The second-order valence-electron chi connectivity index (χ2n) is 7.51. The molecule has 1 atom stereocenters. The molecule has 1 unspecified atom stereocenters. The third-order valence-electron chi connectivity index (χ3n) is 4.54. The number of ether oxygens (including phenoxy) is 2. The molecule has 1 N–H and O–H groups in total. The molecule has 3 rings (SSSR count). The normalized spacial score (nSPS) is 11.8. The first-order chi connectivity index (χ1) is 15.4. The van der Waals surface area contributed by atoms with Crippen molar-refractivity contribution in [2.24, 2.45) is 5.92 Å². The van der Waals surface area contributed by atoms with E-state index in [9.17, 15) is 9.59 Å². The number of benzene rings is 2. The fourth-order valence-electron chi connectivity index (χ4n) is 2.95. The maximum atomic E-state index is 12.7. The third kappa shape index (κ3) is 6.31. The van der Waals surface area contributed by atoms with Crippen molar-refractivity contribution in [2.45, 2.75) is 32.9 Å². The Hall–Kier alpha value is -3.39. The van der Waals surface area contributed by atoms with Gasteiger partial charge in [-0.2, -0.15) is 4.98 Å². The number of aromatic nitrogens is 2. The Labute approximate surface area is 190 Å². The molecule has 9 heteroatoms. The van der Waals surface area contributed by atoms with E-state index in [1.807, 2.05) is 26.0 Å². The highest BCUT2D eigenvalue weighted by atomic mass is 35.5. The van der Waals surface area contributed by atoms with Gasteiger partial charge in [0, 0.05) is 16.1 Å². The van der Waals surface area contributed by atoms with Crippen LogP contribution in [0.15, 0.2) is 53.1 Å². The Bertz CT molecular complexity index is 1070. The van der Waals surface area contributed by atoms with E-state index in [0.29, 0.717) is 34.1 Å². The van der Waals surface area contributed by atoms with Crippen LogP contribution < -0.4 is 10.1 Å². The van der Waals surface area contributed by atoms with E-state index >= 15 is 0 Å². The Morgan fingerprint density at radius 3 is 2.59 bits per heavy atom. The summed E-state index contributed by atoms with van der Waals surface area (Å²) < 4.78 is 15.7. The Kier molecular flexibility index (Phi) is 7.83. The molecule has 2 aromatic carbocycles. The quantitative estimate of drug-likeness (QED) is 0.478. The first kappa shape index (κ1) is 23.3. The minimum absolute atomic E-state index is 0.142. The smallest absolute Gasteiger partial charge is 0.329 e. The molecule has 0 spiro atoms. The summed E-state index contributed by atoms with van der Waals surface area (Å²) in [5.41, 5.74) is 1.11. The molecule has 0 radical (unpaired) electrons. The van der Waals surface area contributed by atoms with Gasteiger partial charge in [-0.3, -0.25) is 4.79 Å². The number of esters is 1. The monoisotopic (exact) mass is 457 g/mol. The van der Waals surface area contributed by atoms with E-state index in [0.717, 1.165) is 0 Å². The van der Waals surface area contributed by atoms with Gasteiger partial charge in [-0.25, -0.2) is 4.79 Å². The van der Waals surface area contributed by atoms with Crippen molar-refractivity contribution in [3.8, 4) is 17.1 Å². The molecule has 1 aromatic heterocycles. The summed E-state index contributed by atoms with van der Waals surface area (Å²) in [5.74, 6) is 0.340. The van der Waals surface area contributed by atoms with Gasteiger partial charge in [-0.1, -0.05) is 42.7 Å². The number of carbonyl (C=O) groups is 2. The number of nitrogens with zero attached hydrogens (tertiary/aromatic N) is 2. The maximum absolute atomic E-state index is 12.7. The summed E-state index contributed by atoms with van der Waals surface area (Å²) >= 11 is 5.86. The van der Waals surface area contributed by atoms with Crippen LogP contribution in [0.1, 0.15) is 36.5 Å². The summed E-state index contributed by atoms with van der Waals surface area (Å²) in [6.45, 7) is 3.70. The molecule has 1 amide bonds. The zero-order valence-electron chi connectivity index (χ0n) is 18.0. The van der Waals surface area contributed by atoms with Crippen LogP contribution in [0.4, 0.5) is 0 Å². The number of methoxy groups -OCH3 is 1. The standard InChI is InChI=1S/C23H24ClN3O5/c1-14(2)11-19(25-22(28)15-7-9-17(24)10-8-15)23(29)31-13-20-26-21(27-32-20)16-5-4-6-18(12-16)30-3/h4-10,12,14,19H,11,13H2,1-3H3,(H,25,28). The van der Waals surface area contributed by atoms with Gasteiger partial charge in [0.25, 0.3) is 11.8 Å². The van der Waals surface area contributed by atoms with Crippen molar-refractivity contribution < 1.29 is 23.6 Å². The molecule has 8 nitrogen and oxygen atoms in total. The van der Waals surface area contributed by atoms with Crippen molar-refractivity contribution in [3.63, 3.8) is 0 Å². The van der Waals surface area contributed by atoms with Crippen LogP contribution in [0.5, 0.6) is 5.75 Å². The highest BCUT2D eigenvalue weighted by molar-refractivity contribution is 6.30. The van der Waals surface area contributed by atoms with Gasteiger partial charge in [0.05, 0.1) is 7.11 Å². The molecule has 0 fully saturated rings. The Morgan fingerprint density at radius 2 is 1.91 bits per heavy atom. The number of carbonyl (C=O) groups excluding carboxylic acids is 2. The number of nitrogens with one attached hydrogen (secondary N) is 1. The first-order valence-electron chi connectivity index (χ1n) is 10.1. The predicted octanol–water partition coefficient (Wildman–Crippen LogP) is 4.29. The van der Waals surface area contributed by atoms with Crippen LogP contribution in [-0.4, -0.2) is 35.2 Å². The summed E-state index contributed by atoms with van der Waals surface area (Å²) in [6.07, 6.45) is 0.414. The lowest BCUT2D eigenvalue weighted by Gasteiger charge is -2.19. The van der Waals surface area contributed by atoms with E-state index in [-0.39, 0.29) is 24.3 Å². The van der Waals surface area contributed by atoms with Crippen LogP contribution in [0, 0.1) is 5.92 Å². The van der Waals surface area contributed by atoms with Gasteiger partial charge in [0.1, 0.15) is 11.8 Å². The molecule has 168 valence electrons. The average Bonchev–Trinajstić information content (AvgIpc) is 3.26. The summed E-state index contributed by atoms with van der Waals surface area (Å²) in [6, 6.07) is 12.8. The van der Waals surface area contributed by atoms with Crippen molar-refractivity contribution in [1.82, 2.24) is 15.5 Å². The number of halogens is 1. The van der Waals surface area contributed by atoms with Crippen LogP contribution in [0.25, 0.3) is 11.4 Å². The zero-order valence-corrected chi connectivity index (χ0v) is 18.8. The highest BCUT2D eigenvalue weighted by Crippen LogP contribution is 2.21. The molecule has 1 heterocycles. The molecule has 0 saturated carbocycles. The third-order valence-corrected chi connectivity index (χ3v) is 4.79. The second kappa shape index (κ2) is 10.8. The van der Waals surface area contributed by atoms with Crippen LogP contribution in [0.2, 0.25) is 5.02 Å². The summed E-state index contributed by atoms with van der Waals surface area (Å²) in [7, 11) is 1.57.